The summed E-state index contributed by atoms with van der Waals surface area (Å²) < 4.78 is 5.25. The highest BCUT2D eigenvalue weighted by molar-refractivity contribution is 5.94. The van der Waals surface area contributed by atoms with Gasteiger partial charge in [0.25, 0.3) is 5.91 Å². The van der Waals surface area contributed by atoms with Crippen LogP contribution in [0.2, 0.25) is 0 Å². The maximum absolute atomic E-state index is 13.4. The van der Waals surface area contributed by atoms with Crippen molar-refractivity contribution in [3.63, 3.8) is 0 Å². The van der Waals surface area contributed by atoms with E-state index in [9.17, 15) is 4.79 Å². The Bertz CT molecular complexity index is 989. The third-order valence-corrected chi connectivity index (χ3v) is 6.04. The Kier molecular flexibility index (Phi) is 6.68. The minimum atomic E-state index is 0.117. The molecule has 1 fully saturated rings. The first kappa shape index (κ1) is 21.1. The molecule has 0 aromatic heterocycles. The van der Waals surface area contributed by atoms with Crippen LogP contribution in [-0.2, 0) is 6.54 Å². The molecule has 1 N–H and O–H groups in total. The largest absolute Gasteiger partial charge is 0.497 e. The van der Waals surface area contributed by atoms with Crippen LogP contribution in [0.3, 0.4) is 0 Å². The second-order valence-corrected chi connectivity index (χ2v) is 8.21. The van der Waals surface area contributed by atoms with Crippen LogP contribution in [0.25, 0.3) is 11.1 Å². The van der Waals surface area contributed by atoms with E-state index in [4.69, 9.17) is 4.74 Å². The first-order valence-electron chi connectivity index (χ1n) is 11.0. The second-order valence-electron chi connectivity index (χ2n) is 8.21. The van der Waals surface area contributed by atoms with E-state index in [0.717, 1.165) is 53.9 Å². The number of ether oxygens (including phenoxy) is 1. The summed E-state index contributed by atoms with van der Waals surface area (Å²) in [6.07, 6.45) is 1.98. The molecule has 1 amide bonds. The van der Waals surface area contributed by atoms with Gasteiger partial charge in [0.1, 0.15) is 5.75 Å². The van der Waals surface area contributed by atoms with E-state index in [1.165, 1.54) is 5.56 Å². The molecule has 0 atom stereocenters. The van der Waals surface area contributed by atoms with Crippen LogP contribution in [0.5, 0.6) is 5.75 Å². The minimum Gasteiger partial charge on any atom is -0.497 e. The molecule has 160 valence electrons. The maximum atomic E-state index is 13.4. The van der Waals surface area contributed by atoms with Crippen molar-refractivity contribution in [3.8, 4) is 16.9 Å². The minimum absolute atomic E-state index is 0.117. The fourth-order valence-corrected chi connectivity index (χ4v) is 4.13. The lowest BCUT2D eigenvalue weighted by Crippen LogP contribution is -2.45. The van der Waals surface area contributed by atoms with Crippen LogP contribution in [0.1, 0.15) is 34.3 Å². The molecule has 4 heteroatoms. The van der Waals surface area contributed by atoms with E-state index >= 15 is 0 Å². The predicted molar refractivity (Wildman–Crippen MR) is 125 cm³/mol. The van der Waals surface area contributed by atoms with Crippen LogP contribution in [-0.4, -0.2) is 37.0 Å². The fraction of sp³-hybridized carbons (Fsp3) is 0.296. The summed E-state index contributed by atoms with van der Waals surface area (Å²) in [4.78, 5) is 15.5. The molecule has 0 radical (unpaired) electrons. The molecule has 1 aliphatic heterocycles. The number of hydrogen-bond donors (Lipinski definition) is 1. The highest BCUT2D eigenvalue weighted by Crippen LogP contribution is 2.24. The number of nitrogens with one attached hydrogen (secondary N) is 1. The Hall–Kier alpha value is -3.11. The molecule has 0 bridgehead atoms. The van der Waals surface area contributed by atoms with Gasteiger partial charge in [0, 0.05) is 18.2 Å². The summed E-state index contributed by atoms with van der Waals surface area (Å²) in [5.41, 5.74) is 5.39. The summed E-state index contributed by atoms with van der Waals surface area (Å²) in [5.74, 6) is 0.971. The quantitative estimate of drug-likeness (QED) is 0.613. The van der Waals surface area contributed by atoms with Gasteiger partial charge in [-0.1, -0.05) is 54.1 Å². The van der Waals surface area contributed by atoms with Crippen molar-refractivity contribution in [2.45, 2.75) is 32.4 Å². The molecule has 31 heavy (non-hydrogen) atoms. The summed E-state index contributed by atoms with van der Waals surface area (Å²) in [6, 6.07) is 24.8. The van der Waals surface area contributed by atoms with E-state index < -0.39 is 0 Å². The number of nitrogens with zero attached hydrogens (tertiary/aromatic N) is 1. The number of piperidine rings is 1. The number of methoxy groups -OCH3 is 1. The Labute approximate surface area is 184 Å². The molecule has 1 saturated heterocycles. The van der Waals surface area contributed by atoms with Crippen molar-refractivity contribution < 1.29 is 9.53 Å². The van der Waals surface area contributed by atoms with Crippen molar-refractivity contribution >= 4 is 5.91 Å². The average molecular weight is 415 g/mol. The first-order chi connectivity index (χ1) is 15.1. The van der Waals surface area contributed by atoms with E-state index in [1.54, 1.807) is 7.11 Å². The van der Waals surface area contributed by atoms with Crippen LogP contribution in [0, 0.1) is 6.92 Å². The van der Waals surface area contributed by atoms with Gasteiger partial charge in [0.15, 0.2) is 0 Å². The lowest BCUT2D eigenvalue weighted by molar-refractivity contribution is 0.0623. The van der Waals surface area contributed by atoms with Gasteiger partial charge < -0.3 is 15.0 Å². The maximum Gasteiger partial charge on any atom is 0.254 e. The predicted octanol–water partition coefficient (Wildman–Crippen LogP) is 5.07. The fourth-order valence-electron chi connectivity index (χ4n) is 4.13. The molecule has 3 aromatic carbocycles. The van der Waals surface area contributed by atoms with Crippen molar-refractivity contribution in [3.05, 3.63) is 89.5 Å². The van der Waals surface area contributed by atoms with E-state index in [-0.39, 0.29) is 11.9 Å². The number of carbonyl (C=O) groups is 1. The molecule has 0 spiro atoms. The van der Waals surface area contributed by atoms with Gasteiger partial charge in [-0.25, -0.2) is 0 Å². The molecule has 4 nitrogen and oxygen atoms in total. The van der Waals surface area contributed by atoms with Gasteiger partial charge in [-0.2, -0.15) is 0 Å². The standard InChI is InChI=1S/C27H30N2O2/c1-20-3-7-24(8-4-20)27(30)29(25-15-17-28-18-16-25)19-21-5-9-22(10-6-21)23-11-13-26(31-2)14-12-23/h3-14,25,28H,15-19H2,1-2H3. The van der Waals surface area contributed by atoms with E-state index in [2.05, 4.69) is 46.6 Å². The summed E-state index contributed by atoms with van der Waals surface area (Å²) in [6.45, 7) is 4.58. The molecule has 4 rings (SSSR count). The number of carbonyl (C=O) groups excluding carboxylic acids is 1. The topological polar surface area (TPSA) is 41.6 Å². The summed E-state index contributed by atoms with van der Waals surface area (Å²) in [7, 11) is 1.68. The molecule has 0 saturated carbocycles. The van der Waals surface area contributed by atoms with Crippen molar-refractivity contribution in [1.82, 2.24) is 10.2 Å². The van der Waals surface area contributed by atoms with Crippen LogP contribution < -0.4 is 10.1 Å². The molecule has 0 unspecified atom stereocenters. The Morgan fingerprint density at radius 3 is 2.06 bits per heavy atom. The third kappa shape index (κ3) is 5.15. The van der Waals surface area contributed by atoms with E-state index in [0.29, 0.717) is 6.54 Å². The number of amides is 1. The monoisotopic (exact) mass is 414 g/mol. The zero-order valence-electron chi connectivity index (χ0n) is 18.3. The van der Waals surface area contributed by atoms with Gasteiger partial charge in [-0.15, -0.1) is 0 Å². The van der Waals surface area contributed by atoms with Crippen LogP contribution >= 0.6 is 0 Å². The zero-order valence-corrected chi connectivity index (χ0v) is 18.3. The lowest BCUT2D eigenvalue weighted by atomic mass is 10.0. The van der Waals surface area contributed by atoms with Gasteiger partial charge in [0.05, 0.1) is 7.11 Å². The first-order valence-corrected chi connectivity index (χ1v) is 11.0. The SMILES string of the molecule is COc1ccc(-c2ccc(CN(C(=O)c3ccc(C)cc3)C3CCNCC3)cc2)cc1. The van der Waals surface area contributed by atoms with Crippen molar-refractivity contribution in [2.24, 2.45) is 0 Å². The number of rotatable bonds is 6. The van der Waals surface area contributed by atoms with Crippen molar-refractivity contribution in [2.75, 3.05) is 20.2 Å². The van der Waals surface area contributed by atoms with Gasteiger partial charge in [0.2, 0.25) is 0 Å². The number of benzene rings is 3. The molecule has 3 aromatic rings. The molecule has 0 aliphatic carbocycles. The van der Waals surface area contributed by atoms with Crippen LogP contribution in [0.15, 0.2) is 72.8 Å². The van der Waals surface area contributed by atoms with Crippen molar-refractivity contribution in [1.29, 1.82) is 0 Å². The average Bonchev–Trinajstić information content (AvgIpc) is 2.83. The summed E-state index contributed by atoms with van der Waals surface area (Å²) in [5, 5.41) is 3.41. The molecular formula is C27H30N2O2. The zero-order chi connectivity index (χ0) is 21.6. The van der Waals surface area contributed by atoms with Gasteiger partial charge >= 0.3 is 0 Å². The lowest BCUT2D eigenvalue weighted by Gasteiger charge is -2.35. The van der Waals surface area contributed by atoms with Crippen LogP contribution in [0.4, 0.5) is 0 Å². The Morgan fingerprint density at radius 2 is 1.48 bits per heavy atom. The van der Waals surface area contributed by atoms with E-state index in [1.807, 2.05) is 43.3 Å². The number of aryl methyl sites for hydroxylation is 1. The normalized spacial score (nSPS) is 14.3. The third-order valence-electron chi connectivity index (χ3n) is 6.04. The molecule has 1 aliphatic rings. The Balaban J connectivity index is 1.54. The molecular weight excluding hydrogens is 384 g/mol. The summed E-state index contributed by atoms with van der Waals surface area (Å²) >= 11 is 0. The highest BCUT2D eigenvalue weighted by atomic mass is 16.5. The van der Waals surface area contributed by atoms with Gasteiger partial charge in [-0.3, -0.25) is 4.79 Å². The number of hydrogen-bond acceptors (Lipinski definition) is 3. The Morgan fingerprint density at radius 1 is 0.903 bits per heavy atom. The van der Waals surface area contributed by atoms with Gasteiger partial charge in [-0.05, 0) is 73.8 Å². The molecule has 1 heterocycles. The smallest absolute Gasteiger partial charge is 0.254 e. The second kappa shape index (κ2) is 9.80. The highest BCUT2D eigenvalue weighted by Gasteiger charge is 2.26.